The van der Waals surface area contributed by atoms with Gasteiger partial charge < -0.3 is 15.0 Å². The maximum Gasteiger partial charge on any atom is 0.408 e. The van der Waals surface area contributed by atoms with Crippen LogP contribution in [-0.4, -0.2) is 41.1 Å². The number of rotatable bonds is 5. The first-order chi connectivity index (χ1) is 9.12. The van der Waals surface area contributed by atoms with E-state index in [2.05, 4.69) is 11.4 Å². The molecule has 0 heterocycles. The molecule has 20 heavy (non-hydrogen) atoms. The molecule has 0 aromatic carbocycles. The summed E-state index contributed by atoms with van der Waals surface area (Å²) in [5, 5.41) is 11.5. The highest BCUT2D eigenvalue weighted by Gasteiger charge is 2.25. The average molecular weight is 283 g/mol. The van der Waals surface area contributed by atoms with Gasteiger partial charge in [0.15, 0.2) is 0 Å². The van der Waals surface area contributed by atoms with E-state index in [1.807, 2.05) is 20.8 Å². The fourth-order valence-corrected chi connectivity index (χ4v) is 1.73. The van der Waals surface area contributed by atoms with E-state index in [1.165, 1.54) is 4.90 Å². The van der Waals surface area contributed by atoms with Crippen molar-refractivity contribution in [3.05, 3.63) is 0 Å². The molecule has 0 saturated carbocycles. The number of nitriles is 1. The van der Waals surface area contributed by atoms with Gasteiger partial charge in [-0.3, -0.25) is 4.79 Å². The van der Waals surface area contributed by atoms with Gasteiger partial charge in [-0.25, -0.2) is 4.79 Å². The minimum atomic E-state index is -0.639. The summed E-state index contributed by atoms with van der Waals surface area (Å²) in [6.07, 6.45) is -0.0908. The van der Waals surface area contributed by atoms with Crippen molar-refractivity contribution < 1.29 is 14.3 Å². The van der Waals surface area contributed by atoms with Crippen LogP contribution < -0.4 is 5.32 Å². The zero-order valence-electron chi connectivity index (χ0n) is 13.2. The van der Waals surface area contributed by atoms with Crippen molar-refractivity contribution >= 4 is 12.0 Å². The number of hydrogen-bond acceptors (Lipinski definition) is 4. The van der Waals surface area contributed by atoms with Crippen LogP contribution in [0.4, 0.5) is 4.79 Å². The van der Waals surface area contributed by atoms with Crippen LogP contribution in [-0.2, 0) is 9.53 Å². The molecule has 0 saturated heterocycles. The van der Waals surface area contributed by atoms with Gasteiger partial charge in [0.05, 0.1) is 6.07 Å². The second kappa shape index (κ2) is 7.73. The van der Waals surface area contributed by atoms with Crippen LogP contribution in [0.1, 0.15) is 48.0 Å². The van der Waals surface area contributed by atoms with Gasteiger partial charge in [0.1, 0.15) is 18.2 Å². The zero-order valence-corrected chi connectivity index (χ0v) is 13.2. The molecule has 0 aromatic heterocycles. The maximum absolute atomic E-state index is 12.1. The molecule has 0 aliphatic heterocycles. The van der Waals surface area contributed by atoms with Gasteiger partial charge in [-0.1, -0.05) is 6.92 Å². The van der Waals surface area contributed by atoms with Crippen LogP contribution in [0.5, 0.6) is 0 Å². The van der Waals surface area contributed by atoms with Crippen LogP contribution in [0.25, 0.3) is 0 Å². The predicted molar refractivity (Wildman–Crippen MR) is 75.9 cm³/mol. The number of nitrogens with one attached hydrogen (secondary N) is 1. The second-order valence-electron chi connectivity index (χ2n) is 5.80. The average Bonchev–Trinajstić information content (AvgIpc) is 2.30. The van der Waals surface area contributed by atoms with Crippen LogP contribution in [0, 0.1) is 11.3 Å². The van der Waals surface area contributed by atoms with Gasteiger partial charge in [-0.15, -0.1) is 0 Å². The number of alkyl carbamates (subject to hydrolysis) is 1. The number of carbonyl (C=O) groups excluding carboxylic acids is 2. The lowest BCUT2D eigenvalue weighted by atomic mass is 10.1. The van der Waals surface area contributed by atoms with E-state index in [-0.39, 0.29) is 18.5 Å². The van der Waals surface area contributed by atoms with Gasteiger partial charge in [0.25, 0.3) is 0 Å². The van der Waals surface area contributed by atoms with Crippen molar-refractivity contribution in [3.63, 3.8) is 0 Å². The van der Waals surface area contributed by atoms with Crippen LogP contribution >= 0.6 is 0 Å². The lowest BCUT2D eigenvalue weighted by Gasteiger charge is -2.30. The SMILES string of the molecule is CCC(C#N)N(C(=O)CNC(=O)OC(C)(C)C)C(C)C. The van der Waals surface area contributed by atoms with Crippen LogP contribution in [0.15, 0.2) is 0 Å². The molecule has 0 rings (SSSR count). The molecule has 0 aliphatic rings. The molecule has 1 unspecified atom stereocenters. The molecular formula is C14H25N3O3. The van der Waals surface area contributed by atoms with Gasteiger partial charge in [-0.05, 0) is 41.0 Å². The third kappa shape index (κ3) is 6.41. The number of hydrogen-bond donors (Lipinski definition) is 1. The van der Waals surface area contributed by atoms with Crippen molar-refractivity contribution in [2.45, 2.75) is 65.6 Å². The van der Waals surface area contributed by atoms with Crippen molar-refractivity contribution in [3.8, 4) is 6.07 Å². The smallest absolute Gasteiger partial charge is 0.408 e. The fraction of sp³-hybridized carbons (Fsp3) is 0.786. The van der Waals surface area contributed by atoms with Crippen LogP contribution in [0.3, 0.4) is 0 Å². The monoisotopic (exact) mass is 283 g/mol. The summed E-state index contributed by atoms with van der Waals surface area (Å²) in [5.74, 6) is -0.292. The second-order valence-corrected chi connectivity index (χ2v) is 5.80. The number of carbonyl (C=O) groups is 2. The Balaban J connectivity index is 4.57. The summed E-state index contributed by atoms with van der Waals surface area (Å²) in [6, 6.07) is 1.51. The molecule has 0 fully saturated rings. The third-order valence-electron chi connectivity index (χ3n) is 2.50. The van der Waals surface area contributed by atoms with Crippen molar-refractivity contribution in [2.24, 2.45) is 0 Å². The van der Waals surface area contributed by atoms with E-state index >= 15 is 0 Å². The molecule has 1 N–H and O–H groups in total. The van der Waals surface area contributed by atoms with Crippen molar-refractivity contribution in [1.82, 2.24) is 10.2 Å². The quantitative estimate of drug-likeness (QED) is 0.837. The summed E-state index contributed by atoms with van der Waals surface area (Å²) in [6.45, 7) is 10.6. The topological polar surface area (TPSA) is 82.4 Å². The number of ether oxygens (including phenoxy) is 1. The largest absolute Gasteiger partial charge is 0.444 e. The summed E-state index contributed by atoms with van der Waals surface area (Å²) in [7, 11) is 0. The number of amides is 2. The Morgan fingerprint density at radius 1 is 1.35 bits per heavy atom. The molecule has 6 nitrogen and oxygen atoms in total. The van der Waals surface area contributed by atoms with E-state index in [0.717, 1.165) is 0 Å². The van der Waals surface area contributed by atoms with Gasteiger partial charge in [0.2, 0.25) is 5.91 Å². The molecule has 0 bridgehead atoms. The lowest BCUT2D eigenvalue weighted by Crippen LogP contribution is -2.49. The highest BCUT2D eigenvalue weighted by molar-refractivity contribution is 5.83. The molecule has 0 spiro atoms. The molecule has 0 aliphatic carbocycles. The minimum Gasteiger partial charge on any atom is -0.444 e. The van der Waals surface area contributed by atoms with Crippen molar-refractivity contribution in [2.75, 3.05) is 6.54 Å². The van der Waals surface area contributed by atoms with E-state index < -0.39 is 17.7 Å². The molecule has 2 amide bonds. The minimum absolute atomic E-state index is 0.104. The normalized spacial score (nSPS) is 12.5. The Kier molecular flexibility index (Phi) is 7.05. The van der Waals surface area contributed by atoms with E-state index in [9.17, 15) is 9.59 Å². The summed E-state index contributed by atoms with van der Waals surface area (Å²) < 4.78 is 5.06. The van der Waals surface area contributed by atoms with Gasteiger partial charge in [-0.2, -0.15) is 5.26 Å². The first-order valence-electron chi connectivity index (χ1n) is 6.80. The lowest BCUT2D eigenvalue weighted by molar-refractivity contribution is -0.133. The maximum atomic E-state index is 12.1. The Morgan fingerprint density at radius 2 is 1.90 bits per heavy atom. The van der Waals surface area contributed by atoms with Crippen molar-refractivity contribution in [1.29, 1.82) is 5.26 Å². The highest BCUT2D eigenvalue weighted by atomic mass is 16.6. The van der Waals surface area contributed by atoms with E-state index in [1.54, 1.807) is 20.8 Å². The Labute approximate surface area is 121 Å². The summed E-state index contributed by atoms with van der Waals surface area (Å²) >= 11 is 0. The third-order valence-corrected chi connectivity index (χ3v) is 2.50. The standard InChI is InChI=1S/C14H25N3O3/c1-7-11(8-15)17(10(2)3)12(18)9-16-13(19)20-14(4,5)6/h10-11H,7,9H2,1-6H3,(H,16,19). The zero-order chi connectivity index (χ0) is 15.9. The van der Waals surface area contributed by atoms with E-state index in [4.69, 9.17) is 10.00 Å². The molecule has 0 aromatic rings. The van der Waals surface area contributed by atoms with Crippen LogP contribution in [0.2, 0.25) is 0 Å². The van der Waals surface area contributed by atoms with Gasteiger partial charge >= 0.3 is 6.09 Å². The molecule has 6 heteroatoms. The molecule has 114 valence electrons. The van der Waals surface area contributed by atoms with Gasteiger partial charge in [0, 0.05) is 6.04 Å². The highest BCUT2D eigenvalue weighted by Crippen LogP contribution is 2.09. The Hall–Kier alpha value is -1.77. The van der Waals surface area contributed by atoms with E-state index in [0.29, 0.717) is 6.42 Å². The Morgan fingerprint density at radius 3 is 2.25 bits per heavy atom. The molecule has 0 radical (unpaired) electrons. The Bertz CT molecular complexity index is 380. The number of nitrogens with zero attached hydrogens (tertiary/aromatic N) is 2. The summed E-state index contributed by atoms with van der Waals surface area (Å²) in [4.78, 5) is 25.1. The molecule has 1 atom stereocenters. The molecular weight excluding hydrogens is 258 g/mol. The predicted octanol–water partition coefficient (Wildman–Crippen LogP) is 2.05. The fourth-order valence-electron chi connectivity index (χ4n) is 1.73. The first-order valence-corrected chi connectivity index (χ1v) is 6.80. The first kappa shape index (κ1) is 18.2. The summed E-state index contributed by atoms with van der Waals surface area (Å²) in [5.41, 5.74) is -0.608.